The topological polar surface area (TPSA) is 121 Å². The molecule has 0 saturated carbocycles. The molecule has 28 heavy (non-hydrogen) atoms. The second-order valence-corrected chi connectivity index (χ2v) is 7.40. The molecule has 0 heterocycles. The van der Waals surface area contributed by atoms with Crippen LogP contribution in [-0.2, 0) is 19.1 Å². The van der Waals surface area contributed by atoms with Gasteiger partial charge < -0.3 is 20.1 Å². The van der Waals surface area contributed by atoms with Crippen molar-refractivity contribution in [2.45, 2.75) is 97.0 Å². The van der Waals surface area contributed by atoms with Crippen molar-refractivity contribution in [1.29, 1.82) is 0 Å². The van der Waals surface area contributed by atoms with Gasteiger partial charge in [-0.1, -0.05) is 78.1 Å². The third-order valence-electron chi connectivity index (χ3n) is 4.99. The molecule has 7 heteroatoms. The highest BCUT2D eigenvalue weighted by atomic mass is 16.6. The van der Waals surface area contributed by atoms with Crippen LogP contribution < -0.4 is 0 Å². The zero-order valence-electron chi connectivity index (χ0n) is 17.4. The SMILES string of the molecule is CCCCCCCCC(C(=O)O)C(CCCCCC)C(=O)OC(=O)C(O)CO. The molecule has 7 nitrogen and oxygen atoms in total. The molecule has 0 amide bonds. The van der Waals surface area contributed by atoms with E-state index in [9.17, 15) is 24.6 Å². The highest BCUT2D eigenvalue weighted by Crippen LogP contribution is 2.27. The molecule has 0 spiro atoms. The van der Waals surface area contributed by atoms with Gasteiger partial charge in [0.1, 0.15) is 0 Å². The fraction of sp³-hybridized carbons (Fsp3) is 0.857. The van der Waals surface area contributed by atoms with E-state index in [0.29, 0.717) is 25.7 Å². The van der Waals surface area contributed by atoms with E-state index in [4.69, 9.17) is 5.11 Å². The molecule has 0 aliphatic rings. The number of aliphatic carboxylic acids is 1. The lowest BCUT2D eigenvalue weighted by Gasteiger charge is -2.22. The average molecular weight is 403 g/mol. The van der Waals surface area contributed by atoms with Crippen molar-refractivity contribution in [2.24, 2.45) is 11.8 Å². The molecule has 0 bridgehead atoms. The number of esters is 2. The van der Waals surface area contributed by atoms with Crippen LogP contribution in [0.1, 0.15) is 90.9 Å². The van der Waals surface area contributed by atoms with Crippen LogP contribution >= 0.6 is 0 Å². The van der Waals surface area contributed by atoms with E-state index in [-0.39, 0.29) is 0 Å². The summed E-state index contributed by atoms with van der Waals surface area (Å²) >= 11 is 0. The number of carbonyl (C=O) groups is 3. The van der Waals surface area contributed by atoms with Crippen molar-refractivity contribution >= 4 is 17.9 Å². The van der Waals surface area contributed by atoms with Gasteiger partial charge in [-0.2, -0.15) is 0 Å². The van der Waals surface area contributed by atoms with E-state index in [1.807, 2.05) is 0 Å². The van der Waals surface area contributed by atoms with Crippen molar-refractivity contribution in [3.05, 3.63) is 0 Å². The van der Waals surface area contributed by atoms with E-state index >= 15 is 0 Å². The van der Waals surface area contributed by atoms with Crippen LogP contribution in [0.4, 0.5) is 0 Å². The first-order valence-electron chi connectivity index (χ1n) is 10.7. The smallest absolute Gasteiger partial charge is 0.345 e. The lowest BCUT2D eigenvalue weighted by molar-refractivity contribution is -0.173. The molecular formula is C21H38O7. The number of carboxylic acids is 1. The predicted octanol–water partition coefficient (Wildman–Crippen LogP) is 3.45. The quantitative estimate of drug-likeness (QED) is 0.193. The minimum absolute atomic E-state index is 0.328. The third-order valence-corrected chi connectivity index (χ3v) is 4.99. The Labute approximate surface area is 168 Å². The van der Waals surface area contributed by atoms with Gasteiger partial charge in [0.05, 0.1) is 18.4 Å². The van der Waals surface area contributed by atoms with Crippen molar-refractivity contribution in [2.75, 3.05) is 6.61 Å². The van der Waals surface area contributed by atoms with Crippen molar-refractivity contribution < 1.29 is 34.4 Å². The first-order chi connectivity index (χ1) is 13.4. The zero-order valence-corrected chi connectivity index (χ0v) is 17.4. The van der Waals surface area contributed by atoms with Crippen LogP contribution in [0.3, 0.4) is 0 Å². The predicted molar refractivity (Wildman–Crippen MR) is 106 cm³/mol. The molecule has 0 aromatic carbocycles. The van der Waals surface area contributed by atoms with Gasteiger partial charge in [0.2, 0.25) is 0 Å². The molecule has 3 atom stereocenters. The standard InChI is InChI=1S/C21H38O7/c1-3-5-7-9-10-12-13-16(19(24)25)17(14-11-8-6-4-2)20(26)28-21(27)18(23)15-22/h16-18,22-23H,3-15H2,1-2H3,(H,24,25). The number of carbonyl (C=O) groups excluding carboxylic acids is 2. The Balaban J connectivity index is 4.93. The van der Waals surface area contributed by atoms with Crippen LogP contribution in [0.25, 0.3) is 0 Å². The average Bonchev–Trinajstić information content (AvgIpc) is 2.67. The Morgan fingerprint density at radius 1 is 0.750 bits per heavy atom. The highest BCUT2D eigenvalue weighted by Gasteiger charge is 2.36. The van der Waals surface area contributed by atoms with Gasteiger partial charge in [0.15, 0.2) is 6.10 Å². The maximum absolute atomic E-state index is 12.5. The maximum Gasteiger partial charge on any atom is 0.345 e. The Morgan fingerprint density at radius 3 is 1.71 bits per heavy atom. The van der Waals surface area contributed by atoms with Crippen LogP contribution in [-0.4, -0.2) is 45.9 Å². The van der Waals surface area contributed by atoms with Gasteiger partial charge in [-0.15, -0.1) is 0 Å². The van der Waals surface area contributed by atoms with E-state index in [0.717, 1.165) is 51.4 Å². The summed E-state index contributed by atoms with van der Waals surface area (Å²) < 4.78 is 4.66. The van der Waals surface area contributed by atoms with Crippen molar-refractivity contribution in [3.63, 3.8) is 0 Å². The fourth-order valence-corrected chi connectivity index (χ4v) is 3.23. The molecule has 3 unspecified atom stereocenters. The van der Waals surface area contributed by atoms with E-state index in [1.54, 1.807) is 0 Å². The van der Waals surface area contributed by atoms with E-state index in [2.05, 4.69) is 18.6 Å². The summed E-state index contributed by atoms with van der Waals surface area (Å²) in [5.41, 5.74) is 0. The molecule has 0 aliphatic carbocycles. The molecule has 0 fully saturated rings. The summed E-state index contributed by atoms with van der Waals surface area (Å²) in [7, 11) is 0. The van der Waals surface area contributed by atoms with Crippen LogP contribution in [0.5, 0.6) is 0 Å². The van der Waals surface area contributed by atoms with Gasteiger partial charge >= 0.3 is 17.9 Å². The Kier molecular flexibility index (Phi) is 15.6. The molecule has 0 saturated heterocycles. The third kappa shape index (κ3) is 11.4. The first-order valence-corrected chi connectivity index (χ1v) is 10.7. The van der Waals surface area contributed by atoms with Gasteiger partial charge in [0.25, 0.3) is 0 Å². The summed E-state index contributed by atoms with van der Waals surface area (Å²) in [6.45, 7) is 3.33. The normalized spacial score (nSPS) is 14.3. The largest absolute Gasteiger partial charge is 0.481 e. The van der Waals surface area contributed by atoms with Gasteiger partial charge in [0, 0.05) is 0 Å². The summed E-state index contributed by atoms with van der Waals surface area (Å²) in [5, 5.41) is 27.7. The summed E-state index contributed by atoms with van der Waals surface area (Å²) in [6.07, 6.45) is 8.47. The number of carboxylic acid groups (broad SMARTS) is 1. The van der Waals surface area contributed by atoms with E-state index in [1.165, 1.54) is 0 Å². The fourth-order valence-electron chi connectivity index (χ4n) is 3.23. The molecule has 0 aliphatic heterocycles. The summed E-state index contributed by atoms with van der Waals surface area (Å²) in [6, 6.07) is 0. The molecular weight excluding hydrogens is 364 g/mol. The van der Waals surface area contributed by atoms with Gasteiger partial charge in [-0.25, -0.2) is 4.79 Å². The highest BCUT2D eigenvalue weighted by molar-refractivity contribution is 5.91. The lowest BCUT2D eigenvalue weighted by atomic mass is 9.84. The number of aliphatic hydroxyl groups is 2. The number of aliphatic hydroxyl groups excluding tert-OH is 2. The Morgan fingerprint density at radius 2 is 1.21 bits per heavy atom. The number of ether oxygens (including phenoxy) is 1. The zero-order chi connectivity index (χ0) is 21.4. The van der Waals surface area contributed by atoms with Gasteiger partial charge in [-0.3, -0.25) is 9.59 Å². The number of unbranched alkanes of at least 4 members (excludes halogenated alkanes) is 8. The van der Waals surface area contributed by atoms with Crippen molar-refractivity contribution in [1.82, 2.24) is 0 Å². The minimum Gasteiger partial charge on any atom is -0.481 e. The van der Waals surface area contributed by atoms with Gasteiger partial charge in [-0.05, 0) is 12.8 Å². The van der Waals surface area contributed by atoms with Crippen LogP contribution in [0, 0.1) is 11.8 Å². The number of hydrogen-bond acceptors (Lipinski definition) is 6. The second kappa shape index (κ2) is 16.5. The molecule has 0 radical (unpaired) electrons. The molecule has 3 N–H and O–H groups in total. The Hall–Kier alpha value is -1.47. The van der Waals surface area contributed by atoms with Crippen LogP contribution in [0.2, 0.25) is 0 Å². The second-order valence-electron chi connectivity index (χ2n) is 7.40. The molecule has 0 aromatic heterocycles. The molecule has 0 aromatic rings. The Bertz CT molecular complexity index is 450. The van der Waals surface area contributed by atoms with Crippen molar-refractivity contribution in [3.8, 4) is 0 Å². The number of rotatable bonds is 17. The lowest BCUT2D eigenvalue weighted by Crippen LogP contribution is -2.36. The monoisotopic (exact) mass is 402 g/mol. The number of hydrogen-bond donors (Lipinski definition) is 3. The molecule has 164 valence electrons. The minimum atomic E-state index is -1.80. The summed E-state index contributed by atoms with van der Waals surface area (Å²) in [5.74, 6) is -5.08. The van der Waals surface area contributed by atoms with E-state index < -0.39 is 42.5 Å². The van der Waals surface area contributed by atoms with Crippen LogP contribution in [0.15, 0.2) is 0 Å². The maximum atomic E-state index is 12.5. The summed E-state index contributed by atoms with van der Waals surface area (Å²) in [4.78, 5) is 35.9. The molecule has 0 rings (SSSR count). The first kappa shape index (κ1) is 26.5.